The van der Waals surface area contributed by atoms with Gasteiger partial charge < -0.3 is 10.1 Å². The Morgan fingerprint density at radius 2 is 2.12 bits per heavy atom. The van der Waals surface area contributed by atoms with E-state index in [1.165, 1.54) is 0 Å². The van der Waals surface area contributed by atoms with E-state index < -0.39 is 0 Å². The van der Waals surface area contributed by atoms with Crippen molar-refractivity contribution in [2.24, 2.45) is 0 Å². The van der Waals surface area contributed by atoms with Gasteiger partial charge in [-0.3, -0.25) is 4.79 Å². The SMILES string of the molecule is Cc1ccc(Br)cc1C(=O)NC1CCOCC1. The van der Waals surface area contributed by atoms with Crippen LogP contribution >= 0.6 is 15.9 Å². The Bertz CT molecular complexity index is 414. The number of hydrogen-bond donors (Lipinski definition) is 1. The third-order valence-corrected chi connectivity index (χ3v) is 3.49. The molecule has 1 aromatic rings. The van der Waals surface area contributed by atoms with Gasteiger partial charge in [0.05, 0.1) is 0 Å². The van der Waals surface area contributed by atoms with Crippen LogP contribution in [0.2, 0.25) is 0 Å². The van der Waals surface area contributed by atoms with Crippen LogP contribution in [0.1, 0.15) is 28.8 Å². The summed E-state index contributed by atoms with van der Waals surface area (Å²) < 4.78 is 6.20. The van der Waals surface area contributed by atoms with Crippen molar-refractivity contribution >= 4 is 21.8 Å². The van der Waals surface area contributed by atoms with E-state index in [4.69, 9.17) is 4.74 Å². The molecule has 17 heavy (non-hydrogen) atoms. The van der Waals surface area contributed by atoms with E-state index in [2.05, 4.69) is 21.2 Å². The van der Waals surface area contributed by atoms with Gasteiger partial charge in [0.2, 0.25) is 0 Å². The lowest BCUT2D eigenvalue weighted by Crippen LogP contribution is -2.39. The van der Waals surface area contributed by atoms with E-state index in [1.54, 1.807) is 0 Å². The summed E-state index contributed by atoms with van der Waals surface area (Å²) in [6.45, 7) is 3.43. The Balaban J connectivity index is 2.05. The van der Waals surface area contributed by atoms with Crippen molar-refractivity contribution in [1.82, 2.24) is 5.32 Å². The summed E-state index contributed by atoms with van der Waals surface area (Å²) in [5.41, 5.74) is 1.74. The topological polar surface area (TPSA) is 38.3 Å². The number of aryl methyl sites for hydroxylation is 1. The fourth-order valence-electron chi connectivity index (χ4n) is 1.94. The smallest absolute Gasteiger partial charge is 0.251 e. The van der Waals surface area contributed by atoms with Crippen LogP contribution in [0.25, 0.3) is 0 Å². The lowest BCUT2D eigenvalue weighted by Gasteiger charge is -2.23. The number of rotatable bonds is 2. The van der Waals surface area contributed by atoms with Gasteiger partial charge in [0.1, 0.15) is 0 Å². The van der Waals surface area contributed by atoms with E-state index in [0.29, 0.717) is 0 Å². The molecular formula is C13H16BrNO2. The van der Waals surface area contributed by atoms with Crippen molar-refractivity contribution < 1.29 is 9.53 Å². The average molecular weight is 298 g/mol. The molecule has 1 heterocycles. The first-order valence-electron chi connectivity index (χ1n) is 5.81. The van der Waals surface area contributed by atoms with Crippen LogP contribution in [0.4, 0.5) is 0 Å². The highest BCUT2D eigenvalue weighted by Gasteiger charge is 2.18. The second kappa shape index (κ2) is 5.65. The average Bonchev–Trinajstić information content (AvgIpc) is 2.33. The molecule has 1 aliphatic heterocycles. The molecule has 4 heteroatoms. The molecule has 1 saturated heterocycles. The molecule has 1 fully saturated rings. The Morgan fingerprint density at radius 1 is 1.41 bits per heavy atom. The van der Waals surface area contributed by atoms with Crippen molar-refractivity contribution in [2.75, 3.05) is 13.2 Å². The normalized spacial score (nSPS) is 16.8. The van der Waals surface area contributed by atoms with Gasteiger partial charge in [-0.15, -0.1) is 0 Å². The number of amides is 1. The molecule has 1 aliphatic rings. The summed E-state index contributed by atoms with van der Waals surface area (Å²) in [6, 6.07) is 6.00. The van der Waals surface area contributed by atoms with Gasteiger partial charge in [-0.25, -0.2) is 0 Å². The molecule has 1 aromatic carbocycles. The molecule has 92 valence electrons. The highest BCUT2D eigenvalue weighted by molar-refractivity contribution is 9.10. The standard InChI is InChI=1S/C13H16BrNO2/c1-9-2-3-10(14)8-12(9)13(16)15-11-4-6-17-7-5-11/h2-3,8,11H,4-7H2,1H3,(H,15,16). The summed E-state index contributed by atoms with van der Waals surface area (Å²) in [5, 5.41) is 3.06. The minimum Gasteiger partial charge on any atom is -0.381 e. The number of ether oxygens (including phenoxy) is 1. The van der Waals surface area contributed by atoms with E-state index in [0.717, 1.165) is 41.7 Å². The van der Waals surface area contributed by atoms with Crippen LogP contribution < -0.4 is 5.32 Å². The first-order valence-corrected chi connectivity index (χ1v) is 6.61. The Labute approximate surface area is 110 Å². The van der Waals surface area contributed by atoms with Crippen LogP contribution in [-0.2, 0) is 4.74 Å². The van der Waals surface area contributed by atoms with Crippen molar-refractivity contribution in [3.05, 3.63) is 33.8 Å². The fraction of sp³-hybridized carbons (Fsp3) is 0.462. The van der Waals surface area contributed by atoms with Crippen LogP contribution in [0.3, 0.4) is 0 Å². The largest absolute Gasteiger partial charge is 0.381 e. The zero-order chi connectivity index (χ0) is 12.3. The summed E-state index contributed by atoms with van der Waals surface area (Å²) in [5.74, 6) is 0.00991. The molecule has 2 rings (SSSR count). The second-order valence-electron chi connectivity index (χ2n) is 4.32. The number of halogens is 1. The van der Waals surface area contributed by atoms with Crippen molar-refractivity contribution in [3.8, 4) is 0 Å². The maximum absolute atomic E-state index is 12.1. The molecule has 0 radical (unpaired) electrons. The van der Waals surface area contributed by atoms with Crippen LogP contribution in [0, 0.1) is 6.92 Å². The third-order valence-electron chi connectivity index (χ3n) is 3.00. The molecule has 1 N–H and O–H groups in total. The van der Waals surface area contributed by atoms with E-state index in [1.807, 2.05) is 25.1 Å². The van der Waals surface area contributed by atoms with Crippen LogP contribution in [0.5, 0.6) is 0 Å². The predicted octanol–water partition coefficient (Wildman–Crippen LogP) is 2.67. The molecule has 3 nitrogen and oxygen atoms in total. The maximum atomic E-state index is 12.1. The Kier molecular flexibility index (Phi) is 4.18. The van der Waals surface area contributed by atoms with E-state index in [9.17, 15) is 4.79 Å². The van der Waals surface area contributed by atoms with Crippen molar-refractivity contribution in [3.63, 3.8) is 0 Å². The Hall–Kier alpha value is -0.870. The van der Waals surface area contributed by atoms with Crippen LogP contribution in [0.15, 0.2) is 22.7 Å². The van der Waals surface area contributed by atoms with Gasteiger partial charge in [0.25, 0.3) is 5.91 Å². The van der Waals surface area contributed by atoms with Gasteiger partial charge in [-0.05, 0) is 37.5 Å². The zero-order valence-electron chi connectivity index (χ0n) is 9.83. The lowest BCUT2D eigenvalue weighted by molar-refractivity contribution is 0.0696. The van der Waals surface area contributed by atoms with Gasteiger partial charge in [0, 0.05) is 29.3 Å². The first kappa shape index (κ1) is 12.6. The minimum absolute atomic E-state index is 0.00991. The second-order valence-corrected chi connectivity index (χ2v) is 5.24. The van der Waals surface area contributed by atoms with E-state index >= 15 is 0 Å². The highest BCUT2D eigenvalue weighted by atomic mass is 79.9. The summed E-state index contributed by atoms with van der Waals surface area (Å²) in [6.07, 6.45) is 1.80. The molecule has 0 aliphatic carbocycles. The van der Waals surface area contributed by atoms with Gasteiger partial charge in [-0.2, -0.15) is 0 Å². The Morgan fingerprint density at radius 3 is 2.82 bits per heavy atom. The number of carbonyl (C=O) groups excluding carboxylic acids is 1. The van der Waals surface area contributed by atoms with Crippen LogP contribution in [-0.4, -0.2) is 25.2 Å². The monoisotopic (exact) mass is 297 g/mol. The highest BCUT2D eigenvalue weighted by Crippen LogP contribution is 2.17. The van der Waals surface area contributed by atoms with Gasteiger partial charge in [0.15, 0.2) is 0 Å². The van der Waals surface area contributed by atoms with E-state index in [-0.39, 0.29) is 11.9 Å². The number of hydrogen-bond acceptors (Lipinski definition) is 2. The third kappa shape index (κ3) is 3.30. The fourth-order valence-corrected chi connectivity index (χ4v) is 2.31. The number of nitrogens with one attached hydrogen (secondary N) is 1. The van der Waals surface area contributed by atoms with Gasteiger partial charge in [-0.1, -0.05) is 22.0 Å². The molecular weight excluding hydrogens is 282 g/mol. The van der Waals surface area contributed by atoms with Gasteiger partial charge >= 0.3 is 0 Å². The number of carbonyl (C=O) groups is 1. The zero-order valence-corrected chi connectivity index (χ0v) is 11.4. The summed E-state index contributed by atoms with van der Waals surface area (Å²) >= 11 is 3.39. The quantitative estimate of drug-likeness (QED) is 0.911. The van der Waals surface area contributed by atoms with Crippen molar-refractivity contribution in [2.45, 2.75) is 25.8 Å². The summed E-state index contributed by atoms with van der Waals surface area (Å²) in [7, 11) is 0. The number of benzene rings is 1. The molecule has 0 unspecified atom stereocenters. The predicted molar refractivity (Wildman–Crippen MR) is 70.2 cm³/mol. The molecule has 0 spiro atoms. The molecule has 0 atom stereocenters. The first-order chi connectivity index (χ1) is 8.16. The minimum atomic E-state index is 0.00991. The molecule has 0 aromatic heterocycles. The summed E-state index contributed by atoms with van der Waals surface area (Å²) in [4.78, 5) is 12.1. The molecule has 0 saturated carbocycles. The van der Waals surface area contributed by atoms with Crippen molar-refractivity contribution in [1.29, 1.82) is 0 Å². The molecule has 1 amide bonds. The maximum Gasteiger partial charge on any atom is 0.251 e. The molecule has 0 bridgehead atoms. The lowest BCUT2D eigenvalue weighted by atomic mass is 10.1.